The Hall–Kier alpha value is -1.79. The molecule has 3 aromatic rings. The van der Waals surface area contributed by atoms with Crippen molar-refractivity contribution < 1.29 is 24.4 Å². The number of rotatable bonds is 5. The van der Waals surface area contributed by atoms with E-state index in [9.17, 15) is 19.7 Å². The van der Waals surface area contributed by atoms with Crippen LogP contribution in [0.25, 0.3) is 11.4 Å². The van der Waals surface area contributed by atoms with Gasteiger partial charge in [-0.05, 0) is 30.3 Å². The van der Waals surface area contributed by atoms with Gasteiger partial charge in [-0.15, -0.1) is 5.10 Å². The molecule has 5 atom stereocenters. The van der Waals surface area contributed by atoms with E-state index in [-0.39, 0.29) is 0 Å². The van der Waals surface area contributed by atoms with Gasteiger partial charge in [-0.2, -0.15) is 0 Å². The second-order valence-corrected chi connectivity index (χ2v) is 8.82. The van der Waals surface area contributed by atoms with Crippen LogP contribution in [-0.2, 0) is 4.74 Å². The summed E-state index contributed by atoms with van der Waals surface area (Å²) in [5.41, 5.74) is -0.136. The molecule has 0 unspecified atom stereocenters. The molecule has 12 heteroatoms. The van der Waals surface area contributed by atoms with Gasteiger partial charge in [-0.25, -0.2) is 9.07 Å². The van der Waals surface area contributed by atoms with Crippen molar-refractivity contribution in [3.63, 3.8) is 0 Å². The number of benzene rings is 1. The molecule has 4 rings (SSSR count). The van der Waals surface area contributed by atoms with Crippen LogP contribution >= 0.6 is 35.0 Å². The number of nitrogens with zero attached hydrogens (tertiary/aromatic N) is 4. The van der Waals surface area contributed by atoms with Crippen LogP contribution in [-0.4, -0.2) is 65.7 Å². The molecule has 1 aromatic carbocycles. The van der Waals surface area contributed by atoms with E-state index in [0.717, 1.165) is 6.20 Å². The number of aliphatic hydroxyl groups is 3. The number of thioether (sulfide) groups is 1. The first kappa shape index (κ1) is 22.4. The fraction of sp³-hybridized carbons (Fsp3) is 0.316. The molecule has 31 heavy (non-hydrogen) atoms. The standard InChI is InChI=1S/C19H17Cl2FN4O4S/c20-11-3-2-10(5-12(11)21)31-19-18(29)16(17(28)15(8-27)30-19)26-7-14(24-25-26)13-4-1-9(22)6-23-13/h1-7,15-19,27-29H,8H2/t15-,16+,17+,18-,19-/m1/s1. The van der Waals surface area contributed by atoms with Crippen molar-refractivity contribution >= 4 is 35.0 Å². The molecule has 0 spiro atoms. The molecule has 1 aliphatic heterocycles. The van der Waals surface area contributed by atoms with Crippen LogP contribution in [0.5, 0.6) is 0 Å². The summed E-state index contributed by atoms with van der Waals surface area (Å²) >= 11 is 13.2. The Balaban J connectivity index is 1.61. The second-order valence-electron chi connectivity index (χ2n) is 6.84. The van der Waals surface area contributed by atoms with Crippen molar-refractivity contribution in [2.45, 2.75) is 34.7 Å². The Bertz CT molecular complexity index is 1060. The fourth-order valence-electron chi connectivity index (χ4n) is 3.23. The molecule has 0 aliphatic carbocycles. The number of hydrogen-bond acceptors (Lipinski definition) is 8. The lowest BCUT2D eigenvalue weighted by molar-refractivity contribution is -0.178. The second kappa shape index (κ2) is 9.37. The van der Waals surface area contributed by atoms with Gasteiger partial charge in [0.15, 0.2) is 0 Å². The molecule has 0 bridgehead atoms. The predicted molar refractivity (Wildman–Crippen MR) is 112 cm³/mol. The minimum Gasteiger partial charge on any atom is -0.394 e. The Morgan fingerprint density at radius 3 is 2.58 bits per heavy atom. The van der Waals surface area contributed by atoms with Gasteiger partial charge < -0.3 is 20.1 Å². The van der Waals surface area contributed by atoms with Crippen LogP contribution in [0.3, 0.4) is 0 Å². The highest BCUT2D eigenvalue weighted by atomic mass is 35.5. The zero-order chi connectivity index (χ0) is 22.1. The van der Waals surface area contributed by atoms with Gasteiger partial charge in [0.05, 0.1) is 34.7 Å². The molecule has 8 nitrogen and oxygen atoms in total. The Kier molecular flexibility index (Phi) is 6.77. The highest BCUT2D eigenvalue weighted by molar-refractivity contribution is 7.99. The van der Waals surface area contributed by atoms with Gasteiger partial charge in [0.25, 0.3) is 0 Å². The van der Waals surface area contributed by atoms with E-state index in [0.29, 0.717) is 26.3 Å². The number of hydrogen-bond donors (Lipinski definition) is 3. The van der Waals surface area contributed by atoms with Crippen molar-refractivity contribution in [2.24, 2.45) is 0 Å². The first-order valence-corrected chi connectivity index (χ1v) is 10.8. The lowest BCUT2D eigenvalue weighted by Crippen LogP contribution is -2.55. The topological polar surface area (TPSA) is 114 Å². The minimum atomic E-state index is -1.26. The quantitative estimate of drug-likeness (QED) is 0.504. The maximum absolute atomic E-state index is 13.1. The smallest absolute Gasteiger partial charge is 0.141 e. The minimum absolute atomic E-state index is 0.333. The third-order valence-corrected chi connectivity index (χ3v) is 6.68. The number of aromatic nitrogens is 4. The summed E-state index contributed by atoms with van der Waals surface area (Å²) in [6.07, 6.45) is -0.907. The highest BCUT2D eigenvalue weighted by Crippen LogP contribution is 2.39. The molecule has 1 fully saturated rings. The average Bonchev–Trinajstić information content (AvgIpc) is 3.23. The molecule has 1 aliphatic rings. The van der Waals surface area contributed by atoms with Crippen molar-refractivity contribution in [2.75, 3.05) is 6.61 Å². The normalized spacial score (nSPS) is 26.2. The van der Waals surface area contributed by atoms with Crippen LogP contribution in [0.2, 0.25) is 10.0 Å². The van der Waals surface area contributed by atoms with E-state index in [1.165, 1.54) is 34.8 Å². The molecule has 0 saturated carbocycles. The molecule has 2 aromatic heterocycles. The van der Waals surface area contributed by atoms with Crippen LogP contribution in [0.15, 0.2) is 47.6 Å². The zero-order valence-corrected chi connectivity index (χ0v) is 18.0. The predicted octanol–water partition coefficient (Wildman–Crippen LogP) is 2.56. The monoisotopic (exact) mass is 486 g/mol. The summed E-state index contributed by atoms with van der Waals surface area (Å²) in [6, 6.07) is 6.69. The molecular formula is C19H17Cl2FN4O4S. The van der Waals surface area contributed by atoms with Crippen LogP contribution < -0.4 is 0 Å². The van der Waals surface area contributed by atoms with Gasteiger partial charge in [-0.1, -0.05) is 40.2 Å². The summed E-state index contributed by atoms with van der Waals surface area (Å²) in [5.74, 6) is -0.487. The largest absolute Gasteiger partial charge is 0.394 e. The van der Waals surface area contributed by atoms with Crippen LogP contribution in [0, 0.1) is 5.82 Å². The van der Waals surface area contributed by atoms with Crippen molar-refractivity contribution in [3.8, 4) is 11.4 Å². The maximum Gasteiger partial charge on any atom is 0.141 e. The summed E-state index contributed by atoms with van der Waals surface area (Å²) in [4.78, 5) is 4.63. The van der Waals surface area contributed by atoms with E-state index < -0.39 is 42.2 Å². The highest BCUT2D eigenvalue weighted by Gasteiger charge is 2.46. The molecule has 0 amide bonds. The van der Waals surface area contributed by atoms with E-state index in [4.69, 9.17) is 27.9 Å². The van der Waals surface area contributed by atoms with Crippen LogP contribution in [0.4, 0.5) is 4.39 Å². The Morgan fingerprint density at radius 2 is 1.90 bits per heavy atom. The lowest BCUT2D eigenvalue weighted by Gasteiger charge is -2.41. The maximum atomic E-state index is 13.1. The zero-order valence-electron chi connectivity index (χ0n) is 15.7. The van der Waals surface area contributed by atoms with Gasteiger partial charge in [0.2, 0.25) is 0 Å². The third-order valence-electron chi connectivity index (χ3n) is 4.80. The number of aliphatic hydroxyl groups excluding tert-OH is 3. The molecule has 1 saturated heterocycles. The van der Waals surface area contributed by atoms with Crippen molar-refractivity contribution in [1.82, 2.24) is 20.0 Å². The Morgan fingerprint density at radius 1 is 1.10 bits per heavy atom. The molecular weight excluding hydrogens is 470 g/mol. The van der Waals surface area contributed by atoms with Gasteiger partial charge >= 0.3 is 0 Å². The number of halogens is 3. The number of ether oxygens (including phenoxy) is 1. The SMILES string of the molecule is OC[C@H]1O[C@H](Sc2ccc(Cl)c(Cl)c2)[C@H](O)[C@@H](n2cc(-c3ccc(F)cn3)nn2)[C@H]1O. The molecule has 164 valence electrons. The van der Waals surface area contributed by atoms with Crippen LogP contribution in [0.1, 0.15) is 6.04 Å². The lowest BCUT2D eigenvalue weighted by atomic mass is 9.97. The Labute approximate surface area is 190 Å². The third kappa shape index (κ3) is 4.70. The number of pyridine rings is 1. The average molecular weight is 487 g/mol. The first-order valence-electron chi connectivity index (χ1n) is 9.15. The summed E-state index contributed by atoms with van der Waals surface area (Å²) in [5, 5.41) is 40.1. The molecule has 3 N–H and O–H groups in total. The summed E-state index contributed by atoms with van der Waals surface area (Å²) in [6.45, 7) is -0.468. The van der Waals surface area contributed by atoms with Crippen molar-refractivity contribution in [1.29, 1.82) is 0 Å². The van der Waals surface area contributed by atoms with Gasteiger partial charge in [-0.3, -0.25) is 4.98 Å². The van der Waals surface area contributed by atoms with E-state index in [2.05, 4.69) is 15.3 Å². The van der Waals surface area contributed by atoms with E-state index in [1.807, 2.05) is 0 Å². The fourth-order valence-corrected chi connectivity index (χ4v) is 4.69. The van der Waals surface area contributed by atoms with E-state index in [1.54, 1.807) is 18.2 Å². The first-order chi connectivity index (χ1) is 14.9. The molecule has 3 heterocycles. The summed E-state index contributed by atoms with van der Waals surface area (Å²) < 4.78 is 20.1. The molecule has 0 radical (unpaired) electrons. The van der Waals surface area contributed by atoms with E-state index >= 15 is 0 Å². The summed E-state index contributed by atoms with van der Waals surface area (Å²) in [7, 11) is 0. The van der Waals surface area contributed by atoms with Crippen molar-refractivity contribution in [3.05, 3.63) is 58.6 Å². The van der Waals surface area contributed by atoms with Gasteiger partial charge in [0.1, 0.15) is 41.3 Å². The van der Waals surface area contributed by atoms with Gasteiger partial charge in [0, 0.05) is 4.90 Å².